The first kappa shape index (κ1) is 47.3. The molecule has 2 aromatic rings. The van der Waals surface area contributed by atoms with Crippen molar-refractivity contribution >= 4 is 22.8 Å². The second kappa shape index (κ2) is 34.1. The van der Waals surface area contributed by atoms with Crippen LogP contribution in [0.2, 0.25) is 0 Å². The first-order valence-corrected chi connectivity index (χ1v) is 22.0. The van der Waals surface area contributed by atoms with E-state index < -0.39 is 0 Å². The van der Waals surface area contributed by atoms with Gasteiger partial charge in [0.05, 0.1) is 22.8 Å². The van der Waals surface area contributed by atoms with Crippen LogP contribution in [0.25, 0.3) is 0 Å². The molecule has 0 saturated heterocycles. The van der Waals surface area contributed by atoms with Gasteiger partial charge in [-0.2, -0.15) is 0 Å². The van der Waals surface area contributed by atoms with E-state index in [2.05, 4.69) is 76.2 Å². The van der Waals surface area contributed by atoms with Gasteiger partial charge in [-0.3, -0.25) is 9.98 Å². The predicted octanol–water partition coefficient (Wildman–Crippen LogP) is 16.6. The van der Waals surface area contributed by atoms with Gasteiger partial charge in [0.15, 0.2) is 0 Å². The van der Waals surface area contributed by atoms with E-state index in [1.54, 1.807) is 0 Å². The number of rotatable bonds is 33. The van der Waals surface area contributed by atoms with Crippen LogP contribution in [0, 0.1) is 0 Å². The standard InChI is InChI=1S/C48H80N2.Ni/c1-5-9-13-15-17-19-21-23-25-27-29-31-43-35-39-45(40-36-43)49-47(33-11-7-3)48(34-12-8-4)50-46-41-37-44(38-42-46)32-30-28-26-24-22-20-18-16-14-10-6-2;/h35-42H,5-34H2,1-4H3;. The maximum Gasteiger partial charge on any atom is 0.0633 e. The maximum atomic E-state index is 5.24. The molecule has 2 nitrogen and oxygen atoms in total. The Hall–Kier alpha value is -1.73. The molecule has 0 heterocycles. The van der Waals surface area contributed by atoms with Crippen molar-refractivity contribution in [1.29, 1.82) is 0 Å². The molecule has 0 aliphatic carbocycles. The van der Waals surface area contributed by atoms with Gasteiger partial charge in [-0.25, -0.2) is 0 Å². The van der Waals surface area contributed by atoms with Crippen LogP contribution in [-0.2, 0) is 29.3 Å². The van der Waals surface area contributed by atoms with Crippen molar-refractivity contribution < 1.29 is 16.5 Å². The fraction of sp³-hybridized carbons (Fsp3) is 0.708. The van der Waals surface area contributed by atoms with Gasteiger partial charge in [-0.15, -0.1) is 0 Å². The SMILES string of the molecule is CCCCCCCCCCCCCc1ccc(N=C(CCCC)C(CCCC)=Nc2ccc(CCCCCCCCCCCCC)cc2)cc1.[Ni]. The normalized spacial score (nSPS) is 12.0. The van der Waals surface area contributed by atoms with Crippen molar-refractivity contribution in [2.24, 2.45) is 9.98 Å². The van der Waals surface area contributed by atoms with Gasteiger partial charge < -0.3 is 0 Å². The summed E-state index contributed by atoms with van der Waals surface area (Å²) >= 11 is 0. The van der Waals surface area contributed by atoms with Gasteiger partial charge in [-0.1, -0.05) is 193 Å². The molecule has 0 bridgehead atoms. The molecule has 0 N–H and O–H groups in total. The number of benzene rings is 2. The molecule has 292 valence electrons. The Balaban J connectivity index is 0.0000130. The van der Waals surface area contributed by atoms with Gasteiger partial charge in [0.2, 0.25) is 0 Å². The average molecular weight is 744 g/mol. The van der Waals surface area contributed by atoms with E-state index in [1.165, 1.54) is 189 Å². The van der Waals surface area contributed by atoms with Crippen LogP contribution < -0.4 is 0 Å². The van der Waals surface area contributed by atoms with Crippen molar-refractivity contribution in [3.05, 3.63) is 59.7 Å². The average Bonchev–Trinajstić information content (AvgIpc) is 3.14. The number of hydrogen-bond donors (Lipinski definition) is 0. The molecule has 2 aromatic carbocycles. The minimum absolute atomic E-state index is 0. The van der Waals surface area contributed by atoms with E-state index in [9.17, 15) is 0 Å². The fourth-order valence-corrected chi connectivity index (χ4v) is 6.99. The van der Waals surface area contributed by atoms with Crippen molar-refractivity contribution in [2.45, 2.75) is 220 Å². The summed E-state index contributed by atoms with van der Waals surface area (Å²) < 4.78 is 0. The first-order chi connectivity index (χ1) is 24.7. The summed E-state index contributed by atoms with van der Waals surface area (Å²) in [7, 11) is 0. The maximum absolute atomic E-state index is 5.24. The van der Waals surface area contributed by atoms with Crippen molar-refractivity contribution in [3.8, 4) is 0 Å². The third-order valence-electron chi connectivity index (χ3n) is 10.4. The van der Waals surface area contributed by atoms with E-state index in [1.807, 2.05) is 0 Å². The second-order valence-electron chi connectivity index (χ2n) is 15.2. The van der Waals surface area contributed by atoms with Gasteiger partial charge >= 0.3 is 0 Å². The molecule has 0 spiro atoms. The fourth-order valence-electron chi connectivity index (χ4n) is 6.99. The summed E-state index contributed by atoms with van der Waals surface area (Å²) in [5, 5.41) is 0. The van der Waals surface area contributed by atoms with Crippen molar-refractivity contribution in [3.63, 3.8) is 0 Å². The minimum atomic E-state index is 0. The third kappa shape index (κ3) is 25.0. The van der Waals surface area contributed by atoms with Crippen LogP contribution in [0.3, 0.4) is 0 Å². The van der Waals surface area contributed by atoms with E-state index in [0.717, 1.165) is 37.1 Å². The van der Waals surface area contributed by atoms with Crippen LogP contribution >= 0.6 is 0 Å². The molecule has 0 unspecified atom stereocenters. The molecular weight excluding hydrogens is 663 g/mol. The summed E-state index contributed by atoms with van der Waals surface area (Å²) in [6.45, 7) is 9.15. The topological polar surface area (TPSA) is 24.7 Å². The largest absolute Gasteiger partial charge is 0.252 e. The molecule has 0 saturated carbocycles. The molecule has 3 heteroatoms. The zero-order valence-electron chi connectivity index (χ0n) is 34.0. The Kier molecular flexibility index (Phi) is 31.6. The summed E-state index contributed by atoms with van der Waals surface area (Å²) in [5.41, 5.74) is 7.41. The Morgan fingerprint density at radius 3 is 0.863 bits per heavy atom. The Labute approximate surface area is 327 Å². The molecule has 0 fully saturated rings. The number of nitrogens with zero attached hydrogens (tertiary/aromatic N) is 2. The Morgan fingerprint density at radius 2 is 0.588 bits per heavy atom. The van der Waals surface area contributed by atoms with Crippen LogP contribution in [0.5, 0.6) is 0 Å². The van der Waals surface area contributed by atoms with Crippen LogP contribution in [0.4, 0.5) is 11.4 Å². The molecule has 0 atom stereocenters. The van der Waals surface area contributed by atoms with Gasteiger partial charge in [0, 0.05) is 16.5 Å². The summed E-state index contributed by atoms with van der Waals surface area (Å²) in [6, 6.07) is 18.2. The molecule has 0 aliphatic heterocycles. The van der Waals surface area contributed by atoms with Gasteiger partial charge in [0.1, 0.15) is 0 Å². The second-order valence-corrected chi connectivity index (χ2v) is 15.2. The predicted molar refractivity (Wildman–Crippen MR) is 226 cm³/mol. The molecular formula is C48H80N2Ni. The molecule has 0 amide bonds. The molecule has 0 aromatic heterocycles. The molecule has 0 radical (unpaired) electrons. The zero-order valence-corrected chi connectivity index (χ0v) is 35.0. The van der Waals surface area contributed by atoms with E-state index in [0.29, 0.717) is 0 Å². The van der Waals surface area contributed by atoms with Crippen LogP contribution in [0.15, 0.2) is 58.5 Å². The first-order valence-electron chi connectivity index (χ1n) is 22.0. The monoisotopic (exact) mass is 743 g/mol. The van der Waals surface area contributed by atoms with E-state index in [4.69, 9.17) is 9.98 Å². The summed E-state index contributed by atoms with van der Waals surface area (Å²) in [5.74, 6) is 0. The van der Waals surface area contributed by atoms with Gasteiger partial charge in [0.25, 0.3) is 0 Å². The molecule has 2 rings (SSSR count). The minimum Gasteiger partial charge on any atom is -0.252 e. The third-order valence-corrected chi connectivity index (χ3v) is 10.4. The molecule has 51 heavy (non-hydrogen) atoms. The summed E-state index contributed by atoms with van der Waals surface area (Å²) in [6.07, 6.45) is 39.8. The van der Waals surface area contributed by atoms with Crippen LogP contribution in [-0.4, -0.2) is 11.4 Å². The Morgan fingerprint density at radius 1 is 0.333 bits per heavy atom. The number of aryl methyl sites for hydroxylation is 2. The number of hydrogen-bond acceptors (Lipinski definition) is 2. The molecule has 0 aliphatic rings. The quantitative estimate of drug-likeness (QED) is 0.0395. The zero-order chi connectivity index (χ0) is 35.7. The van der Waals surface area contributed by atoms with E-state index in [-0.39, 0.29) is 16.5 Å². The Bertz CT molecular complexity index is 1010. The smallest absolute Gasteiger partial charge is 0.0633 e. The van der Waals surface area contributed by atoms with Crippen molar-refractivity contribution in [2.75, 3.05) is 0 Å². The number of unbranched alkanes of at least 4 members (excludes halogenated alkanes) is 22. The summed E-state index contributed by atoms with van der Waals surface area (Å²) in [4.78, 5) is 10.5. The van der Waals surface area contributed by atoms with Crippen molar-refractivity contribution in [1.82, 2.24) is 0 Å². The van der Waals surface area contributed by atoms with E-state index >= 15 is 0 Å². The van der Waals surface area contributed by atoms with Gasteiger partial charge in [-0.05, 0) is 86.8 Å². The van der Waals surface area contributed by atoms with Crippen LogP contribution in [0.1, 0.15) is 219 Å². The number of aliphatic imine (C=N–C) groups is 2.